The highest BCUT2D eigenvalue weighted by Crippen LogP contribution is 2.25. The van der Waals surface area contributed by atoms with Gasteiger partial charge in [0.25, 0.3) is 5.91 Å². The summed E-state index contributed by atoms with van der Waals surface area (Å²) in [6.45, 7) is 2.63. The van der Waals surface area contributed by atoms with E-state index in [-0.39, 0.29) is 24.0 Å². The highest BCUT2D eigenvalue weighted by atomic mass is 79.9. The Bertz CT molecular complexity index is 864. The molecule has 0 aliphatic carbocycles. The van der Waals surface area contributed by atoms with Gasteiger partial charge in [-0.2, -0.15) is 0 Å². The number of rotatable bonds is 5. The zero-order valence-corrected chi connectivity index (χ0v) is 18.6. The van der Waals surface area contributed by atoms with E-state index in [4.69, 9.17) is 4.74 Å². The molecule has 2 aliphatic heterocycles. The van der Waals surface area contributed by atoms with Gasteiger partial charge in [-0.15, -0.1) is 0 Å². The van der Waals surface area contributed by atoms with E-state index in [1.807, 2.05) is 47.4 Å². The molecule has 2 aromatic rings. The number of likely N-dealkylation sites (tertiary alicyclic amines) is 2. The second-order valence-corrected chi connectivity index (χ2v) is 8.90. The Morgan fingerprint density at radius 1 is 0.933 bits per heavy atom. The summed E-state index contributed by atoms with van der Waals surface area (Å²) in [4.78, 5) is 29.8. The highest BCUT2D eigenvalue weighted by molar-refractivity contribution is 9.10. The molecule has 0 N–H and O–H groups in total. The maximum atomic E-state index is 13.2. The fraction of sp³-hybridized carbons (Fsp3) is 0.417. The smallest absolute Gasteiger partial charge is 0.254 e. The van der Waals surface area contributed by atoms with E-state index in [0.29, 0.717) is 31.8 Å². The van der Waals surface area contributed by atoms with Crippen molar-refractivity contribution in [2.24, 2.45) is 0 Å². The van der Waals surface area contributed by atoms with Crippen LogP contribution in [0.25, 0.3) is 0 Å². The summed E-state index contributed by atoms with van der Waals surface area (Å²) >= 11 is 3.40. The number of benzene rings is 2. The second-order valence-electron chi connectivity index (χ2n) is 7.98. The predicted molar refractivity (Wildman–Crippen MR) is 119 cm³/mol. The fourth-order valence-electron chi connectivity index (χ4n) is 4.27. The third-order valence-corrected chi connectivity index (χ3v) is 6.50. The molecule has 0 spiro atoms. The van der Waals surface area contributed by atoms with Crippen LogP contribution in [0.5, 0.6) is 0 Å². The Labute approximate surface area is 186 Å². The average molecular weight is 471 g/mol. The number of ether oxygens (including phenoxy) is 1. The first kappa shape index (κ1) is 21.1. The van der Waals surface area contributed by atoms with Gasteiger partial charge in [-0.25, -0.2) is 0 Å². The molecule has 2 amide bonds. The summed E-state index contributed by atoms with van der Waals surface area (Å²) in [6.07, 6.45) is 3.47. The van der Waals surface area contributed by atoms with Crippen LogP contribution < -0.4 is 0 Å². The summed E-state index contributed by atoms with van der Waals surface area (Å²) < 4.78 is 6.98. The van der Waals surface area contributed by atoms with Crippen LogP contribution in [0.15, 0.2) is 59.1 Å². The SMILES string of the molecule is O=C(C1CCCN1C(=O)c1ccc(Br)cc1)N1CCC(OCc2ccccc2)CC1. The standard InChI is InChI=1S/C24H27BrN2O3/c25-20-10-8-19(9-11-20)23(28)27-14-4-7-22(27)24(29)26-15-12-21(13-16-26)30-17-18-5-2-1-3-6-18/h1-3,5-6,8-11,21-22H,4,7,12-17H2. The third kappa shape index (κ3) is 4.93. The van der Waals surface area contributed by atoms with Crippen molar-refractivity contribution in [2.45, 2.75) is 44.4 Å². The van der Waals surface area contributed by atoms with Crippen molar-refractivity contribution in [3.05, 3.63) is 70.2 Å². The highest BCUT2D eigenvalue weighted by Gasteiger charge is 2.37. The van der Waals surface area contributed by atoms with E-state index in [0.717, 1.165) is 30.2 Å². The summed E-state index contributed by atoms with van der Waals surface area (Å²) in [7, 11) is 0. The minimum absolute atomic E-state index is 0.0561. The quantitative estimate of drug-likeness (QED) is 0.655. The molecule has 0 aromatic heterocycles. The number of hydrogen-bond acceptors (Lipinski definition) is 3. The van der Waals surface area contributed by atoms with Gasteiger partial charge < -0.3 is 14.5 Å². The van der Waals surface area contributed by atoms with E-state index >= 15 is 0 Å². The Morgan fingerprint density at radius 2 is 1.63 bits per heavy atom. The molecule has 5 nitrogen and oxygen atoms in total. The Kier molecular flexibility index (Phi) is 6.85. The average Bonchev–Trinajstić information content (AvgIpc) is 3.28. The molecule has 158 valence electrons. The molecule has 0 bridgehead atoms. The van der Waals surface area contributed by atoms with E-state index in [2.05, 4.69) is 28.1 Å². The van der Waals surface area contributed by atoms with E-state index in [1.165, 1.54) is 5.56 Å². The monoisotopic (exact) mass is 470 g/mol. The molecule has 4 rings (SSSR count). The maximum Gasteiger partial charge on any atom is 0.254 e. The molecule has 1 atom stereocenters. The predicted octanol–water partition coefficient (Wildman–Crippen LogP) is 4.26. The minimum atomic E-state index is -0.345. The first-order valence-electron chi connectivity index (χ1n) is 10.6. The van der Waals surface area contributed by atoms with Crippen LogP contribution in [0.3, 0.4) is 0 Å². The first-order valence-corrected chi connectivity index (χ1v) is 11.4. The molecule has 0 saturated carbocycles. The molecule has 2 saturated heterocycles. The van der Waals surface area contributed by atoms with Gasteiger partial charge in [0.05, 0.1) is 12.7 Å². The summed E-state index contributed by atoms with van der Waals surface area (Å²) in [5, 5.41) is 0. The number of halogens is 1. The van der Waals surface area contributed by atoms with E-state index in [1.54, 1.807) is 4.90 Å². The largest absolute Gasteiger partial charge is 0.373 e. The molecule has 0 radical (unpaired) electrons. The lowest BCUT2D eigenvalue weighted by atomic mass is 10.1. The molecule has 2 heterocycles. The zero-order chi connectivity index (χ0) is 20.9. The first-order chi connectivity index (χ1) is 14.6. The molecule has 2 fully saturated rings. The van der Waals surface area contributed by atoms with Crippen LogP contribution >= 0.6 is 15.9 Å². The van der Waals surface area contributed by atoms with Gasteiger partial charge in [0.1, 0.15) is 6.04 Å². The summed E-state index contributed by atoms with van der Waals surface area (Å²) in [5.74, 6) is 0.0268. The number of piperidine rings is 1. The van der Waals surface area contributed by atoms with Gasteiger partial charge in [0, 0.05) is 29.7 Å². The van der Waals surface area contributed by atoms with Crippen molar-refractivity contribution >= 4 is 27.7 Å². The minimum Gasteiger partial charge on any atom is -0.373 e. The lowest BCUT2D eigenvalue weighted by Gasteiger charge is -2.35. The van der Waals surface area contributed by atoms with Crippen molar-refractivity contribution in [3.63, 3.8) is 0 Å². The summed E-state index contributed by atoms with van der Waals surface area (Å²) in [5.41, 5.74) is 1.80. The van der Waals surface area contributed by atoms with Crippen molar-refractivity contribution in [1.82, 2.24) is 9.80 Å². The lowest BCUT2D eigenvalue weighted by molar-refractivity contribution is -0.138. The summed E-state index contributed by atoms with van der Waals surface area (Å²) in [6, 6.07) is 17.2. The van der Waals surface area contributed by atoms with Crippen molar-refractivity contribution in [3.8, 4) is 0 Å². The topological polar surface area (TPSA) is 49.9 Å². The lowest BCUT2D eigenvalue weighted by Crippen LogP contribution is -2.50. The molecular formula is C24H27BrN2O3. The molecule has 1 unspecified atom stereocenters. The van der Waals surface area contributed by atoms with Gasteiger partial charge in [-0.3, -0.25) is 9.59 Å². The third-order valence-electron chi connectivity index (χ3n) is 5.97. The molecule has 2 aliphatic rings. The molecular weight excluding hydrogens is 444 g/mol. The zero-order valence-electron chi connectivity index (χ0n) is 17.0. The van der Waals surface area contributed by atoms with Crippen LogP contribution in [0.1, 0.15) is 41.6 Å². The number of amides is 2. The van der Waals surface area contributed by atoms with Crippen molar-refractivity contribution < 1.29 is 14.3 Å². The van der Waals surface area contributed by atoms with Crippen LogP contribution in [-0.4, -0.2) is 53.4 Å². The van der Waals surface area contributed by atoms with E-state index in [9.17, 15) is 9.59 Å². The number of nitrogens with zero attached hydrogens (tertiary/aromatic N) is 2. The van der Waals surface area contributed by atoms with Crippen LogP contribution in [0.4, 0.5) is 0 Å². The maximum absolute atomic E-state index is 13.2. The van der Waals surface area contributed by atoms with Gasteiger partial charge in [0.15, 0.2) is 0 Å². The van der Waals surface area contributed by atoms with Crippen molar-refractivity contribution in [1.29, 1.82) is 0 Å². The molecule has 2 aromatic carbocycles. The fourth-order valence-corrected chi connectivity index (χ4v) is 4.53. The van der Waals surface area contributed by atoms with Gasteiger partial charge in [0.2, 0.25) is 5.91 Å². The second kappa shape index (κ2) is 9.75. The number of carbonyl (C=O) groups excluding carboxylic acids is 2. The normalized spacial score (nSPS) is 19.8. The van der Waals surface area contributed by atoms with Crippen LogP contribution in [0, 0.1) is 0 Å². The van der Waals surface area contributed by atoms with Gasteiger partial charge in [-0.05, 0) is 55.5 Å². The molecule has 30 heavy (non-hydrogen) atoms. The van der Waals surface area contributed by atoms with Crippen molar-refractivity contribution in [2.75, 3.05) is 19.6 Å². The van der Waals surface area contributed by atoms with Gasteiger partial charge >= 0.3 is 0 Å². The van der Waals surface area contributed by atoms with Crippen LogP contribution in [-0.2, 0) is 16.1 Å². The van der Waals surface area contributed by atoms with Gasteiger partial charge in [-0.1, -0.05) is 46.3 Å². The Hall–Kier alpha value is -2.18. The van der Waals surface area contributed by atoms with E-state index < -0.39 is 0 Å². The number of carbonyl (C=O) groups is 2. The van der Waals surface area contributed by atoms with Crippen LogP contribution in [0.2, 0.25) is 0 Å². The number of hydrogen-bond donors (Lipinski definition) is 0. The Balaban J connectivity index is 1.30. The Morgan fingerprint density at radius 3 is 2.33 bits per heavy atom. The molecule has 6 heteroatoms.